The molecule has 0 spiro atoms. The van der Waals surface area contributed by atoms with Crippen molar-refractivity contribution in [2.24, 2.45) is 0 Å². The summed E-state index contributed by atoms with van der Waals surface area (Å²) in [7, 11) is 0. The monoisotopic (exact) mass is 139 g/mol. The van der Waals surface area contributed by atoms with Crippen LogP contribution in [-0.2, 0) is 28.5 Å². The topological polar surface area (TPSA) is 51.2 Å². The van der Waals surface area contributed by atoms with Crippen LogP contribution in [-0.4, -0.2) is 15.4 Å². The molecule has 4 heteroatoms. The zero-order valence-corrected chi connectivity index (χ0v) is 4.64. The summed E-state index contributed by atoms with van der Waals surface area (Å²) in [5, 5.41) is 1.25. The standard InChI is InChI=1S/3CHO.Cr/c3*1-2;/h3*1H;. The summed E-state index contributed by atoms with van der Waals surface area (Å²) < 4.78 is 0. The fourth-order valence-electron chi connectivity index (χ4n) is 0.0680. The second-order valence-corrected chi connectivity index (χ2v) is 2.87. The molecular formula is C3H3CrO3. The van der Waals surface area contributed by atoms with Gasteiger partial charge in [-0.25, -0.2) is 0 Å². The van der Waals surface area contributed by atoms with Crippen molar-refractivity contribution in [1.82, 2.24) is 0 Å². The Bertz CT molecular complexity index is 71.2. The molecule has 7 heavy (non-hydrogen) atoms. The van der Waals surface area contributed by atoms with Crippen molar-refractivity contribution < 1.29 is 28.5 Å². The Morgan fingerprint density at radius 2 is 1.14 bits per heavy atom. The second-order valence-electron chi connectivity index (χ2n) is 0.697. The molecule has 0 fully saturated rings. The van der Waals surface area contributed by atoms with Gasteiger partial charge in [-0.2, -0.15) is 0 Å². The molecule has 0 atom stereocenters. The third-order valence-corrected chi connectivity index (χ3v) is 1.37. The predicted octanol–water partition coefficient (Wildman–Crippen LogP) is -0.825. The Labute approximate surface area is 44.7 Å². The zero-order chi connectivity index (χ0) is 5.70. The molecule has 0 heterocycles. The first kappa shape index (κ1) is 6.54. The zero-order valence-electron chi connectivity index (χ0n) is 3.37. The van der Waals surface area contributed by atoms with Crippen molar-refractivity contribution in [3.05, 3.63) is 0 Å². The van der Waals surface area contributed by atoms with Gasteiger partial charge in [-0.1, -0.05) is 0 Å². The maximum absolute atomic E-state index is 9.56. The van der Waals surface area contributed by atoms with Gasteiger partial charge in [0.25, 0.3) is 0 Å². The minimum absolute atomic E-state index is 0.417. The first-order chi connectivity index (χ1) is 3.35. The van der Waals surface area contributed by atoms with Crippen molar-refractivity contribution in [3.8, 4) is 0 Å². The fourth-order valence-corrected chi connectivity index (χ4v) is 0.281. The van der Waals surface area contributed by atoms with E-state index in [-0.39, 0.29) is 0 Å². The van der Waals surface area contributed by atoms with Crippen LogP contribution < -0.4 is 0 Å². The Hall–Kier alpha value is -0.458. The number of hydrogen-bond donors (Lipinski definition) is 0. The van der Waals surface area contributed by atoms with Crippen molar-refractivity contribution in [1.29, 1.82) is 0 Å². The van der Waals surface area contributed by atoms with Gasteiger partial charge >= 0.3 is 44.0 Å². The van der Waals surface area contributed by atoms with Crippen LogP contribution in [0, 0.1) is 0 Å². The molecule has 0 aromatic rings. The van der Waals surface area contributed by atoms with E-state index in [9.17, 15) is 14.4 Å². The summed E-state index contributed by atoms with van der Waals surface area (Å²) in [4.78, 5) is 28.7. The van der Waals surface area contributed by atoms with E-state index in [1.165, 1.54) is 0 Å². The first-order valence-electron chi connectivity index (χ1n) is 1.41. The fraction of sp³-hybridized carbons (Fsp3) is 0. The van der Waals surface area contributed by atoms with E-state index in [4.69, 9.17) is 0 Å². The van der Waals surface area contributed by atoms with Gasteiger partial charge in [0.05, 0.1) is 0 Å². The molecule has 0 N–H and O–H groups in total. The molecule has 0 radical (unpaired) electrons. The van der Waals surface area contributed by atoms with Gasteiger partial charge < -0.3 is 0 Å². The molecule has 0 saturated carbocycles. The van der Waals surface area contributed by atoms with E-state index in [1.54, 1.807) is 0 Å². The van der Waals surface area contributed by atoms with Crippen molar-refractivity contribution >= 4 is 15.4 Å². The molecule has 0 bridgehead atoms. The quantitative estimate of drug-likeness (QED) is 0.480. The average molecular weight is 139 g/mol. The van der Waals surface area contributed by atoms with E-state index >= 15 is 0 Å². The molecule has 0 unspecified atom stereocenters. The summed E-state index contributed by atoms with van der Waals surface area (Å²) in [5.74, 6) is 0. The second kappa shape index (κ2) is 3.72. The Morgan fingerprint density at radius 3 is 1.14 bits per heavy atom. The van der Waals surface area contributed by atoms with Crippen LogP contribution >= 0.6 is 0 Å². The van der Waals surface area contributed by atoms with Crippen LogP contribution in [0.15, 0.2) is 0 Å². The van der Waals surface area contributed by atoms with Gasteiger partial charge in [-0.15, -0.1) is 0 Å². The molecule has 0 saturated heterocycles. The molecule has 3 nitrogen and oxygen atoms in total. The molecule has 0 rings (SSSR count). The van der Waals surface area contributed by atoms with Crippen molar-refractivity contribution in [2.75, 3.05) is 0 Å². The van der Waals surface area contributed by atoms with Gasteiger partial charge in [0, 0.05) is 0 Å². The maximum atomic E-state index is 9.56. The van der Waals surface area contributed by atoms with E-state index < -0.39 is 14.1 Å². The van der Waals surface area contributed by atoms with E-state index in [0.29, 0.717) is 15.4 Å². The van der Waals surface area contributed by atoms with Gasteiger partial charge in [0.2, 0.25) is 0 Å². The van der Waals surface area contributed by atoms with Gasteiger partial charge in [0.1, 0.15) is 0 Å². The van der Waals surface area contributed by atoms with E-state index in [1.807, 2.05) is 0 Å². The Morgan fingerprint density at radius 1 is 0.857 bits per heavy atom. The molecule has 0 aliphatic carbocycles. The molecule has 0 aliphatic heterocycles. The summed E-state index contributed by atoms with van der Waals surface area (Å²) in [5.41, 5.74) is 0. The first-order valence-corrected chi connectivity index (χ1v) is 3.62. The molecule has 0 aromatic heterocycles. The summed E-state index contributed by atoms with van der Waals surface area (Å²) in [6.07, 6.45) is 0. The minimum atomic E-state index is -2.10. The predicted molar refractivity (Wildman–Crippen MR) is 20.3 cm³/mol. The number of carbonyl (C=O) groups excluding carboxylic acids is 3. The van der Waals surface area contributed by atoms with Gasteiger partial charge in [-0.05, 0) is 0 Å². The molecule has 0 aromatic carbocycles. The normalized spacial score (nSPS) is 8.14. The Balaban J connectivity index is 3.57. The van der Waals surface area contributed by atoms with Crippen LogP contribution in [0.2, 0.25) is 0 Å². The molecular weight excluding hydrogens is 136 g/mol. The van der Waals surface area contributed by atoms with Gasteiger partial charge in [0.15, 0.2) is 0 Å². The van der Waals surface area contributed by atoms with Crippen LogP contribution in [0.4, 0.5) is 0 Å². The third kappa shape index (κ3) is 2.26. The third-order valence-electron chi connectivity index (χ3n) is 0.333. The molecule has 39 valence electrons. The number of hydrogen-bond acceptors (Lipinski definition) is 3. The summed E-state index contributed by atoms with van der Waals surface area (Å²) >= 11 is -2.10. The van der Waals surface area contributed by atoms with Crippen LogP contribution in [0.1, 0.15) is 0 Å². The van der Waals surface area contributed by atoms with Gasteiger partial charge in [-0.3, -0.25) is 0 Å². The van der Waals surface area contributed by atoms with Crippen LogP contribution in [0.5, 0.6) is 0 Å². The molecule has 0 aliphatic rings. The summed E-state index contributed by atoms with van der Waals surface area (Å²) in [6, 6.07) is 0. The SMILES string of the molecule is O=[CH][Cr]([CH]=O)[CH]=O. The van der Waals surface area contributed by atoms with Crippen LogP contribution in [0.3, 0.4) is 0 Å². The van der Waals surface area contributed by atoms with E-state index in [0.717, 1.165) is 0 Å². The molecule has 0 amide bonds. The van der Waals surface area contributed by atoms with Crippen molar-refractivity contribution in [3.63, 3.8) is 0 Å². The number of rotatable bonds is 3. The number of carbonyl (C=O) groups is 3. The van der Waals surface area contributed by atoms with Crippen LogP contribution in [0.25, 0.3) is 0 Å². The van der Waals surface area contributed by atoms with E-state index in [2.05, 4.69) is 0 Å². The average Bonchev–Trinajstić information content (AvgIpc) is 1.72. The Kier molecular flexibility index (Phi) is 3.48. The summed E-state index contributed by atoms with van der Waals surface area (Å²) in [6.45, 7) is 0. The van der Waals surface area contributed by atoms with Crippen molar-refractivity contribution in [2.45, 2.75) is 0 Å².